The number of benzene rings is 2. The van der Waals surface area contributed by atoms with E-state index < -0.39 is 0 Å². The Bertz CT molecular complexity index is 3600. The molecule has 7 aromatic heterocycles. The second kappa shape index (κ2) is 30.8. The van der Waals surface area contributed by atoms with Crippen molar-refractivity contribution < 1.29 is 38.4 Å². The molecule has 0 amide bonds. The Morgan fingerprint density at radius 1 is 0.365 bits per heavy atom. The van der Waals surface area contributed by atoms with E-state index in [4.69, 9.17) is 38.9 Å². The maximum absolute atomic E-state index is 6.80. The Balaban J connectivity index is 0.00000803. The van der Waals surface area contributed by atoms with E-state index in [-0.39, 0.29) is 19.5 Å². The number of nitrogens with zero attached hydrogens (tertiary/aromatic N) is 4. The molecular formula is C72H76N4O4S4Zn. The minimum absolute atomic E-state index is 0. The van der Waals surface area contributed by atoms with E-state index in [0.29, 0.717) is 26.4 Å². The fourth-order valence-electron chi connectivity index (χ4n) is 10.8. The molecule has 2 aliphatic heterocycles. The molecule has 0 fully saturated rings. The van der Waals surface area contributed by atoms with Crippen molar-refractivity contribution in [1.82, 2.24) is 19.9 Å². The van der Waals surface area contributed by atoms with Crippen LogP contribution in [0.3, 0.4) is 0 Å². The third-order valence-electron chi connectivity index (χ3n) is 15.3. The minimum Gasteiger partial charge on any atom is -0.657 e. The molecule has 9 heterocycles. The predicted octanol–water partition coefficient (Wildman–Crippen LogP) is 22.0. The van der Waals surface area contributed by atoms with Crippen LogP contribution in [0.2, 0.25) is 0 Å². The minimum atomic E-state index is 0. The summed E-state index contributed by atoms with van der Waals surface area (Å²) in [4.78, 5) is 29.0. The second-order valence-corrected chi connectivity index (χ2v) is 25.6. The van der Waals surface area contributed by atoms with Crippen LogP contribution in [0.15, 0.2) is 120 Å². The second-order valence-electron chi connectivity index (χ2n) is 21.6. The number of fused-ring (bicyclic) bond motifs is 8. The normalized spacial score (nSPS) is 11.8. The standard InChI is InChI=1S/C72H76N4O4S4.Zn/c1-5-9-13-23-39-77-51-43-65(81-47-51)71-61(79-41-25-15-11-7-3)45-63(83-71)69-57-35-31-53(73-57)67(49-27-19-17-20-28-49)55-33-37-59(75-55)70(60-38-34-56(76-60)68(50-29-21-18-22-30-50)54-32-36-58(69)74-54)64-46-62(80-42-26-16-12-8-4)72(84-64)66-44-52(48-82-66)78-40-24-14-10-6-2;/h17-22,27-38,43-48H,5-16,23-26,39-42H2,1-4H3;/q-2;+2. The zero-order valence-electron chi connectivity index (χ0n) is 49.8. The molecule has 434 valence electrons. The van der Waals surface area contributed by atoms with Crippen molar-refractivity contribution in [2.24, 2.45) is 0 Å². The van der Waals surface area contributed by atoms with Gasteiger partial charge in [0, 0.05) is 31.6 Å². The Morgan fingerprint density at radius 3 is 1.07 bits per heavy atom. The fraction of sp³-hybridized carbons (Fsp3) is 0.333. The largest absolute Gasteiger partial charge is 2.00 e. The molecule has 0 radical (unpaired) electrons. The fourth-order valence-corrected chi connectivity index (χ4v) is 15.1. The van der Waals surface area contributed by atoms with Gasteiger partial charge in [-0.15, -0.1) is 67.4 Å². The Labute approximate surface area is 531 Å². The topological polar surface area (TPSA) is 90.9 Å². The summed E-state index contributed by atoms with van der Waals surface area (Å²) in [5.74, 6) is 3.55. The molecule has 9 aromatic rings. The number of thiophene rings is 4. The van der Waals surface area contributed by atoms with Crippen molar-refractivity contribution >= 4 is 91.7 Å². The number of unbranched alkanes of at least 4 members (excludes halogenated alkanes) is 12. The van der Waals surface area contributed by atoms with E-state index >= 15 is 0 Å². The first-order chi connectivity index (χ1) is 41.5. The molecule has 8 nitrogen and oxygen atoms in total. The van der Waals surface area contributed by atoms with Crippen molar-refractivity contribution in [3.63, 3.8) is 0 Å². The number of aromatic nitrogens is 4. The summed E-state index contributed by atoms with van der Waals surface area (Å²) in [6.45, 7) is 11.7. The Morgan fingerprint density at radius 2 is 0.706 bits per heavy atom. The van der Waals surface area contributed by atoms with E-state index in [1.165, 1.54) is 64.2 Å². The molecule has 0 aliphatic carbocycles. The molecule has 85 heavy (non-hydrogen) atoms. The van der Waals surface area contributed by atoms with Gasteiger partial charge in [0.15, 0.2) is 0 Å². The molecule has 0 saturated heterocycles. The van der Waals surface area contributed by atoms with Gasteiger partial charge < -0.3 is 28.9 Å². The average Bonchev–Trinajstić information content (AvgIpc) is 4.37. The van der Waals surface area contributed by atoms with Gasteiger partial charge in [0.1, 0.15) is 23.0 Å². The summed E-state index contributed by atoms with van der Waals surface area (Å²) in [5.41, 5.74) is 12.4. The smallest absolute Gasteiger partial charge is 0.657 e. The van der Waals surface area contributed by atoms with Gasteiger partial charge in [-0.2, -0.15) is 0 Å². The first-order valence-corrected chi connectivity index (χ1v) is 34.0. The summed E-state index contributed by atoms with van der Waals surface area (Å²) in [6, 6.07) is 38.5. The van der Waals surface area contributed by atoms with Gasteiger partial charge in [0.25, 0.3) is 0 Å². The molecular weight excluding hydrogens is 1180 g/mol. The molecule has 0 N–H and O–H groups in total. The molecule has 0 atom stereocenters. The predicted molar refractivity (Wildman–Crippen MR) is 359 cm³/mol. The summed E-state index contributed by atoms with van der Waals surface area (Å²) < 4.78 is 26.3. The summed E-state index contributed by atoms with van der Waals surface area (Å²) in [6.07, 6.45) is 26.9. The summed E-state index contributed by atoms with van der Waals surface area (Å²) >= 11 is 6.87. The number of ether oxygens (including phenoxy) is 4. The molecule has 13 heteroatoms. The quantitative estimate of drug-likeness (QED) is 0.0325. The SMILES string of the molecule is CCCCCCOc1csc(-c2sc(-c3c4nc(c(-c5ccccc5)c5ccc([n-]5)c(-c5cc(OCCCCCC)c(-c6cc(OCCCCCC)cs6)s5)c5nc(c(-c6ccccc6)c6ccc3[n-]6)C=C5)C=C4)cc2OCCCCCC)c1.[Zn+2]. The Hall–Kier alpha value is -6.34. The maximum Gasteiger partial charge on any atom is 2.00 e. The molecule has 11 rings (SSSR count). The van der Waals surface area contributed by atoms with E-state index in [9.17, 15) is 0 Å². The van der Waals surface area contributed by atoms with Gasteiger partial charge in [-0.25, -0.2) is 9.97 Å². The van der Waals surface area contributed by atoms with Crippen LogP contribution >= 0.6 is 45.3 Å². The van der Waals surface area contributed by atoms with Crippen LogP contribution in [0.5, 0.6) is 23.0 Å². The zero-order chi connectivity index (χ0) is 57.5. The number of hydrogen-bond acceptors (Lipinski definition) is 10. The van der Waals surface area contributed by atoms with E-state index in [1.807, 2.05) is 0 Å². The van der Waals surface area contributed by atoms with Gasteiger partial charge in [-0.05, 0) is 96.5 Å². The number of hydrogen-bond donors (Lipinski definition) is 0. The van der Waals surface area contributed by atoms with Crippen LogP contribution in [0.25, 0.3) is 109 Å². The van der Waals surface area contributed by atoms with Crippen molar-refractivity contribution in [2.45, 2.75) is 130 Å². The van der Waals surface area contributed by atoms with Crippen LogP contribution < -0.4 is 28.9 Å². The van der Waals surface area contributed by atoms with Gasteiger partial charge in [-0.1, -0.05) is 190 Å². The third kappa shape index (κ3) is 15.1. The van der Waals surface area contributed by atoms with Crippen LogP contribution in [-0.2, 0) is 19.5 Å². The summed E-state index contributed by atoms with van der Waals surface area (Å²) in [7, 11) is 0. The Kier molecular flexibility index (Phi) is 22.4. The van der Waals surface area contributed by atoms with E-state index in [2.05, 4.69) is 172 Å². The molecule has 2 aliphatic rings. The van der Waals surface area contributed by atoms with E-state index in [1.54, 1.807) is 45.3 Å². The van der Waals surface area contributed by atoms with E-state index in [0.717, 1.165) is 169 Å². The van der Waals surface area contributed by atoms with Crippen molar-refractivity contribution in [1.29, 1.82) is 0 Å². The first-order valence-electron chi connectivity index (χ1n) is 30.6. The van der Waals surface area contributed by atoms with Crippen LogP contribution in [0.4, 0.5) is 0 Å². The molecule has 0 unspecified atom stereocenters. The van der Waals surface area contributed by atoms with Gasteiger partial charge >= 0.3 is 19.5 Å². The van der Waals surface area contributed by atoms with Gasteiger partial charge in [-0.3, -0.25) is 0 Å². The van der Waals surface area contributed by atoms with Crippen LogP contribution in [-0.4, -0.2) is 36.4 Å². The molecule has 0 spiro atoms. The number of rotatable bonds is 30. The van der Waals surface area contributed by atoms with Crippen molar-refractivity contribution in [2.75, 3.05) is 26.4 Å². The zero-order valence-corrected chi connectivity index (χ0v) is 56.0. The monoisotopic (exact) mass is 1250 g/mol. The molecule has 8 bridgehead atoms. The maximum atomic E-state index is 6.80. The van der Waals surface area contributed by atoms with Crippen molar-refractivity contribution in [3.05, 3.63) is 143 Å². The van der Waals surface area contributed by atoms with Gasteiger partial charge in [0.2, 0.25) is 0 Å². The molecule has 2 aromatic carbocycles. The van der Waals surface area contributed by atoms with Crippen LogP contribution in [0.1, 0.15) is 153 Å². The first kappa shape index (κ1) is 61.7. The van der Waals surface area contributed by atoms with Crippen LogP contribution in [0, 0.1) is 0 Å². The molecule has 0 saturated carbocycles. The van der Waals surface area contributed by atoms with Crippen molar-refractivity contribution in [3.8, 4) is 85.6 Å². The summed E-state index contributed by atoms with van der Waals surface area (Å²) in [5, 5.41) is 4.27. The van der Waals surface area contributed by atoms with Gasteiger partial charge in [0.05, 0.1) is 68.7 Å². The third-order valence-corrected chi connectivity index (χ3v) is 19.7. The average molecular weight is 1260 g/mol.